The summed E-state index contributed by atoms with van der Waals surface area (Å²) in [6, 6.07) is 15.0. The lowest BCUT2D eigenvalue weighted by atomic mass is 10.0. The molecule has 1 atom stereocenters. The highest BCUT2D eigenvalue weighted by Gasteiger charge is 2.41. The van der Waals surface area contributed by atoms with Crippen LogP contribution in [-0.4, -0.2) is 39.4 Å². The van der Waals surface area contributed by atoms with Crippen molar-refractivity contribution < 1.29 is 18.3 Å². The molecule has 0 radical (unpaired) electrons. The zero-order valence-corrected chi connectivity index (χ0v) is 16.7. The maximum Gasteiger partial charge on any atom is 0.322 e. The van der Waals surface area contributed by atoms with Crippen molar-refractivity contribution in [1.29, 1.82) is 0 Å². The third kappa shape index (κ3) is 3.68. The first kappa shape index (κ1) is 19.4. The first-order chi connectivity index (χ1) is 13.9. The molecular weight excluding hydrogens is 390 g/mol. The van der Waals surface area contributed by atoms with Crippen molar-refractivity contribution in [2.75, 3.05) is 0 Å². The largest absolute Gasteiger partial charge is 0.480 e. The molecule has 0 saturated carbocycles. The molecule has 0 amide bonds. The number of imidazole rings is 1. The number of aryl methyl sites for hydroxylation is 1. The van der Waals surface area contributed by atoms with Gasteiger partial charge in [-0.15, -0.1) is 0 Å². The van der Waals surface area contributed by atoms with Gasteiger partial charge in [-0.1, -0.05) is 48.0 Å². The van der Waals surface area contributed by atoms with Crippen LogP contribution in [0.25, 0.3) is 0 Å². The van der Waals surface area contributed by atoms with E-state index in [1.807, 2.05) is 41.8 Å². The van der Waals surface area contributed by atoms with E-state index >= 15 is 0 Å². The van der Waals surface area contributed by atoms with Crippen LogP contribution in [0.1, 0.15) is 22.5 Å². The smallest absolute Gasteiger partial charge is 0.322 e. The second-order valence-corrected chi connectivity index (χ2v) is 9.06. The summed E-state index contributed by atoms with van der Waals surface area (Å²) in [5, 5.41) is 9.77. The van der Waals surface area contributed by atoms with Crippen LogP contribution >= 0.6 is 0 Å². The summed E-state index contributed by atoms with van der Waals surface area (Å²) in [6.45, 7) is 2.35. The highest BCUT2D eigenvalue weighted by atomic mass is 32.2. The molecule has 0 aliphatic carbocycles. The van der Waals surface area contributed by atoms with E-state index in [4.69, 9.17) is 0 Å². The number of benzene rings is 2. The number of fused-ring (bicyclic) bond motifs is 1. The summed E-state index contributed by atoms with van der Waals surface area (Å²) in [7, 11) is -3.96. The van der Waals surface area contributed by atoms with Gasteiger partial charge in [0.15, 0.2) is 0 Å². The third-order valence-corrected chi connectivity index (χ3v) is 7.05. The molecule has 0 spiro atoms. The number of carboxylic acid groups (broad SMARTS) is 1. The van der Waals surface area contributed by atoms with Crippen LogP contribution in [-0.2, 0) is 34.3 Å². The second kappa shape index (κ2) is 7.46. The van der Waals surface area contributed by atoms with E-state index < -0.39 is 22.0 Å². The average molecular weight is 411 g/mol. The van der Waals surface area contributed by atoms with Crippen molar-refractivity contribution in [3.05, 3.63) is 83.4 Å². The van der Waals surface area contributed by atoms with Gasteiger partial charge in [-0.3, -0.25) is 4.79 Å². The third-order valence-electron chi connectivity index (χ3n) is 5.18. The molecule has 150 valence electrons. The molecule has 0 saturated heterocycles. The molecule has 29 heavy (non-hydrogen) atoms. The molecule has 7 nitrogen and oxygen atoms in total. The van der Waals surface area contributed by atoms with Gasteiger partial charge >= 0.3 is 5.97 Å². The minimum atomic E-state index is -3.96. The number of aromatic nitrogens is 2. The quantitative estimate of drug-likeness (QED) is 0.696. The highest BCUT2D eigenvalue weighted by Crippen LogP contribution is 2.29. The van der Waals surface area contributed by atoms with Gasteiger partial charge in [0.2, 0.25) is 10.0 Å². The van der Waals surface area contributed by atoms with Gasteiger partial charge in [0, 0.05) is 18.7 Å². The monoisotopic (exact) mass is 411 g/mol. The van der Waals surface area contributed by atoms with Gasteiger partial charge in [0.1, 0.15) is 6.04 Å². The zero-order valence-electron chi connectivity index (χ0n) is 15.9. The number of carboxylic acids is 1. The lowest BCUT2D eigenvalue weighted by molar-refractivity contribution is -0.141. The Kier molecular flexibility index (Phi) is 4.97. The van der Waals surface area contributed by atoms with E-state index in [1.165, 1.54) is 12.1 Å². The van der Waals surface area contributed by atoms with Crippen LogP contribution in [0.5, 0.6) is 0 Å². The minimum absolute atomic E-state index is 0.0652. The van der Waals surface area contributed by atoms with Gasteiger partial charge in [-0.25, -0.2) is 13.4 Å². The van der Waals surface area contributed by atoms with Crippen LogP contribution in [0, 0.1) is 6.92 Å². The predicted octanol–water partition coefficient (Wildman–Crippen LogP) is 2.44. The van der Waals surface area contributed by atoms with E-state index in [0.717, 1.165) is 21.1 Å². The normalized spacial score (nSPS) is 17.1. The topological polar surface area (TPSA) is 92.5 Å². The van der Waals surface area contributed by atoms with Gasteiger partial charge in [-0.05, 0) is 24.6 Å². The Balaban J connectivity index is 1.69. The Bertz CT molecular complexity index is 1140. The molecule has 0 bridgehead atoms. The van der Waals surface area contributed by atoms with E-state index in [2.05, 4.69) is 4.98 Å². The molecule has 1 unspecified atom stereocenters. The van der Waals surface area contributed by atoms with Crippen molar-refractivity contribution >= 4 is 16.0 Å². The van der Waals surface area contributed by atoms with Gasteiger partial charge in [-0.2, -0.15) is 4.31 Å². The molecule has 1 aromatic heterocycles. The van der Waals surface area contributed by atoms with Crippen molar-refractivity contribution in [2.24, 2.45) is 0 Å². The fourth-order valence-electron chi connectivity index (χ4n) is 3.58. The Morgan fingerprint density at radius 3 is 2.48 bits per heavy atom. The number of aliphatic carboxylic acids is 1. The van der Waals surface area contributed by atoms with Crippen molar-refractivity contribution in [3.8, 4) is 0 Å². The number of hydrogen-bond donors (Lipinski definition) is 1. The van der Waals surface area contributed by atoms with Gasteiger partial charge < -0.3 is 9.67 Å². The number of carbonyl (C=O) groups is 1. The molecule has 8 heteroatoms. The Morgan fingerprint density at radius 1 is 1.14 bits per heavy atom. The summed E-state index contributed by atoms with van der Waals surface area (Å²) < 4.78 is 29.2. The molecule has 1 aliphatic heterocycles. The maximum absolute atomic E-state index is 13.1. The van der Waals surface area contributed by atoms with Crippen LogP contribution in [0.4, 0.5) is 0 Å². The van der Waals surface area contributed by atoms with Gasteiger partial charge in [0.05, 0.1) is 23.5 Å². The highest BCUT2D eigenvalue weighted by molar-refractivity contribution is 7.89. The van der Waals surface area contributed by atoms with Crippen LogP contribution in [0.3, 0.4) is 0 Å². The minimum Gasteiger partial charge on any atom is -0.480 e. The summed E-state index contributed by atoms with van der Waals surface area (Å²) in [4.78, 5) is 16.4. The van der Waals surface area contributed by atoms with Gasteiger partial charge in [0.25, 0.3) is 0 Å². The number of rotatable bonds is 5. The number of nitrogens with zero attached hydrogens (tertiary/aromatic N) is 3. The van der Waals surface area contributed by atoms with Crippen LogP contribution in [0.2, 0.25) is 0 Å². The van der Waals surface area contributed by atoms with E-state index in [1.54, 1.807) is 18.5 Å². The molecule has 0 fully saturated rings. The Labute approximate surface area is 169 Å². The molecule has 1 N–H and O–H groups in total. The number of hydrogen-bond acceptors (Lipinski definition) is 4. The number of sulfonamides is 1. The molecular formula is C21H21N3O4S. The maximum atomic E-state index is 13.1. The SMILES string of the molecule is Cc1ccc(S(=O)(=O)N2Cc3ncn(Cc4ccccc4)c3CC2C(=O)O)cc1. The average Bonchev–Trinajstić information content (AvgIpc) is 3.10. The standard InChI is InChI=1S/C21H21N3O4S/c1-15-7-9-17(10-8-15)29(27,28)24-13-18-19(11-20(24)21(25)26)23(14-22-18)12-16-5-3-2-4-6-16/h2-10,14,20H,11-13H2,1H3,(H,25,26). The van der Waals surface area contributed by atoms with E-state index in [0.29, 0.717) is 12.2 Å². The predicted molar refractivity (Wildman–Crippen MR) is 107 cm³/mol. The summed E-state index contributed by atoms with van der Waals surface area (Å²) in [5.41, 5.74) is 3.35. The Morgan fingerprint density at radius 2 is 1.83 bits per heavy atom. The molecule has 4 rings (SSSR count). The summed E-state index contributed by atoms with van der Waals surface area (Å²) >= 11 is 0. The lowest BCUT2D eigenvalue weighted by Crippen LogP contribution is -2.48. The fraction of sp³-hybridized carbons (Fsp3) is 0.238. The van der Waals surface area contributed by atoms with Crippen LogP contribution in [0.15, 0.2) is 65.8 Å². The fourth-order valence-corrected chi connectivity index (χ4v) is 5.13. The molecule has 3 aromatic rings. The van der Waals surface area contributed by atoms with Crippen LogP contribution < -0.4 is 0 Å². The first-order valence-electron chi connectivity index (χ1n) is 9.24. The molecule has 1 aliphatic rings. The second-order valence-electron chi connectivity index (χ2n) is 7.17. The molecule has 2 heterocycles. The van der Waals surface area contributed by atoms with Crippen molar-refractivity contribution in [2.45, 2.75) is 37.4 Å². The summed E-state index contributed by atoms with van der Waals surface area (Å²) in [6.07, 6.45) is 1.72. The molecule has 2 aromatic carbocycles. The summed E-state index contributed by atoms with van der Waals surface area (Å²) in [5.74, 6) is -1.17. The Hall–Kier alpha value is -2.97. The lowest BCUT2D eigenvalue weighted by Gasteiger charge is -2.32. The van der Waals surface area contributed by atoms with E-state index in [9.17, 15) is 18.3 Å². The van der Waals surface area contributed by atoms with E-state index in [-0.39, 0.29) is 17.9 Å². The first-order valence-corrected chi connectivity index (χ1v) is 10.7. The van der Waals surface area contributed by atoms with Crippen molar-refractivity contribution in [1.82, 2.24) is 13.9 Å². The zero-order chi connectivity index (χ0) is 20.6. The van der Waals surface area contributed by atoms with Crippen molar-refractivity contribution in [3.63, 3.8) is 0 Å².